The third kappa shape index (κ3) is 15.7. The number of carbonyl (C=O) groups is 1. The fourth-order valence-electron chi connectivity index (χ4n) is 8.04. The number of carbonyl (C=O) groups excluding carboxylic acids is 1. The first kappa shape index (κ1) is 53.3. The van der Waals surface area contributed by atoms with Crippen molar-refractivity contribution in [3.63, 3.8) is 0 Å². The van der Waals surface area contributed by atoms with E-state index in [1.54, 1.807) is 30.0 Å². The van der Waals surface area contributed by atoms with E-state index < -0.39 is 8.07 Å². The molecule has 3 nitrogen and oxygen atoms in total. The van der Waals surface area contributed by atoms with Gasteiger partial charge in [-0.2, -0.15) is 0 Å². The molecule has 0 aromatic heterocycles. The molecular weight excluding hydrogens is 976 g/mol. The molecule has 3 aliphatic rings. The molecule has 3 aliphatic carbocycles. The Morgan fingerprint density at radius 1 is 0.821 bits per heavy atom. The van der Waals surface area contributed by atoms with Gasteiger partial charge in [0.2, 0.25) is 5.97 Å². The zero-order valence-electron chi connectivity index (χ0n) is 36.4. The van der Waals surface area contributed by atoms with Crippen molar-refractivity contribution in [3.05, 3.63) is 83.0 Å². The molecule has 0 heterocycles. The Labute approximate surface area is 383 Å². The summed E-state index contributed by atoms with van der Waals surface area (Å²) in [6.07, 6.45) is 21.2. The minimum atomic E-state index is -1.11. The number of esters is 1. The first-order chi connectivity index (χ1) is 25.2. The number of hydrogen-bond acceptors (Lipinski definition) is 3. The van der Waals surface area contributed by atoms with Gasteiger partial charge in [-0.3, -0.25) is 0 Å². The minimum Gasteiger partial charge on any atom is -0.506 e. The Kier molecular flexibility index (Phi) is 24.6. The number of halogens is 1. The van der Waals surface area contributed by atoms with Gasteiger partial charge < -0.3 is 14.3 Å². The van der Waals surface area contributed by atoms with Crippen LogP contribution in [0.5, 0.6) is 5.75 Å². The standard InChI is InChI=1S/C36H55OP.C12H17O2Si.BrH.2Pd/c1-24(2)28-22-32(25(3)4)35(33(23-28)26(5)6)31-20-15-21-34(37-27(7)8)36(31)38(29-16-11-9-12-17-29)30-18-13-10-14-19-30;1-15(2,3)10-9-14-12(13)11-7-5-4-6-8-11;;;/h15,20-27,29-30H,9-14,16-19H2,1-8H3;5-8H,9-10H2,1-3H3;1H;;/q;-1;;;. The number of hydrogen-bond donors (Lipinski definition) is 0. The molecule has 8 heteroatoms. The Morgan fingerprint density at radius 3 is 1.79 bits per heavy atom. The smallest absolute Gasteiger partial charge is 0.250 e. The summed E-state index contributed by atoms with van der Waals surface area (Å²) in [4.78, 5) is 11.5. The second-order valence-corrected chi connectivity index (χ2v) is 26.4. The zero-order valence-corrected chi connectivity index (χ0v) is 43.1. The van der Waals surface area contributed by atoms with Gasteiger partial charge in [0.05, 0.1) is 12.7 Å². The van der Waals surface area contributed by atoms with Gasteiger partial charge in [0.25, 0.3) is 0 Å². The molecule has 2 saturated carbocycles. The second-order valence-electron chi connectivity index (χ2n) is 18.1. The van der Waals surface area contributed by atoms with E-state index in [2.05, 4.69) is 111 Å². The molecule has 2 aromatic carbocycles. The molecule has 0 radical (unpaired) electrons. The zero-order chi connectivity index (χ0) is 38.7. The average molecular weight is 1050 g/mol. The summed E-state index contributed by atoms with van der Waals surface area (Å²) < 4.78 is 11.9. The molecular formula is C48H73BrO3PPd2Si-. The van der Waals surface area contributed by atoms with E-state index in [9.17, 15) is 4.79 Å². The van der Waals surface area contributed by atoms with Gasteiger partial charge in [-0.25, -0.2) is 5.73 Å². The third-order valence-corrected chi connectivity index (χ3v) is 16.3. The van der Waals surface area contributed by atoms with E-state index >= 15 is 0 Å². The van der Waals surface area contributed by atoms with Crippen molar-refractivity contribution >= 4 is 44.3 Å². The second kappa shape index (κ2) is 25.8. The quantitative estimate of drug-likeness (QED) is 0.0659. The Bertz CT molecular complexity index is 1550. The summed E-state index contributed by atoms with van der Waals surface area (Å²) in [5.41, 5.74) is 12.7. The topological polar surface area (TPSA) is 35.5 Å². The van der Waals surface area contributed by atoms with E-state index in [1.165, 1.54) is 97.8 Å². The predicted molar refractivity (Wildman–Crippen MR) is 245 cm³/mol. The van der Waals surface area contributed by atoms with E-state index in [0.29, 0.717) is 29.9 Å². The monoisotopic (exact) mass is 1050 g/mol. The van der Waals surface area contributed by atoms with E-state index in [-0.39, 0.29) is 77.8 Å². The minimum absolute atomic E-state index is 0. The van der Waals surface area contributed by atoms with Crippen LogP contribution in [-0.2, 0) is 50.4 Å². The largest absolute Gasteiger partial charge is 0.506 e. The summed E-state index contributed by atoms with van der Waals surface area (Å²) in [6, 6.07) is 13.2. The first-order valence-electron chi connectivity index (χ1n) is 21.1. The van der Waals surface area contributed by atoms with Crippen LogP contribution >= 0.6 is 24.9 Å². The van der Waals surface area contributed by atoms with Crippen LogP contribution in [0, 0.1) is 6.42 Å². The maximum atomic E-state index is 11.5. The van der Waals surface area contributed by atoms with Crippen molar-refractivity contribution < 1.29 is 55.1 Å². The van der Waals surface area contributed by atoms with Crippen LogP contribution in [0.25, 0.3) is 11.1 Å². The van der Waals surface area contributed by atoms with E-state index in [4.69, 9.17) is 9.47 Å². The average Bonchev–Trinajstić information content (AvgIpc) is 3.12. The van der Waals surface area contributed by atoms with Gasteiger partial charge in [-0.05, 0) is 109 Å². The van der Waals surface area contributed by atoms with Crippen molar-refractivity contribution in [2.24, 2.45) is 0 Å². The van der Waals surface area contributed by atoms with Crippen molar-refractivity contribution in [2.45, 2.75) is 180 Å². The summed E-state index contributed by atoms with van der Waals surface area (Å²) in [7, 11) is -1.40. The summed E-state index contributed by atoms with van der Waals surface area (Å²) in [6.45, 7) is 26.0. The predicted octanol–water partition coefficient (Wildman–Crippen LogP) is 14.6. The van der Waals surface area contributed by atoms with Crippen LogP contribution in [0.2, 0.25) is 25.7 Å². The molecule has 320 valence electrons. The fourth-order valence-corrected chi connectivity index (χ4v) is 12.8. The van der Waals surface area contributed by atoms with Gasteiger partial charge in [0, 0.05) is 54.2 Å². The molecule has 0 atom stereocenters. The Hall–Kier alpha value is -0.708. The number of benzene rings is 2. The summed E-state index contributed by atoms with van der Waals surface area (Å²) >= 11 is 0. The van der Waals surface area contributed by atoms with Gasteiger partial charge >= 0.3 is 0 Å². The van der Waals surface area contributed by atoms with Gasteiger partial charge in [0.15, 0.2) is 0 Å². The SMILES string of the molecule is Br.CC(C)Oc1cccc(-c2c(C(C)C)cc(C(C)C)cc2C(C)C)c1P(C1CCCCC1)C1CCCCC1.C[Si](C)(C)CCOC(=O)C1=CC=C=C[CH-]1.[Pd].[Pd]. The maximum absolute atomic E-state index is 11.5. The van der Waals surface area contributed by atoms with Gasteiger partial charge in [-0.1, -0.05) is 137 Å². The maximum Gasteiger partial charge on any atom is 0.250 e. The fraction of sp³-hybridized carbons (Fsp3) is 0.604. The van der Waals surface area contributed by atoms with E-state index in [1.807, 2.05) is 0 Å². The third-order valence-electron chi connectivity index (χ3n) is 11.0. The molecule has 0 spiro atoms. The molecule has 56 heavy (non-hydrogen) atoms. The molecule has 0 saturated heterocycles. The molecule has 5 rings (SSSR count). The molecule has 0 bridgehead atoms. The Balaban J connectivity index is 0.000000740. The molecule has 0 N–H and O–H groups in total. The summed E-state index contributed by atoms with van der Waals surface area (Å²) in [5, 5.41) is 1.62. The first-order valence-corrected chi connectivity index (χ1v) is 26.3. The van der Waals surface area contributed by atoms with Crippen molar-refractivity contribution in [3.8, 4) is 16.9 Å². The molecule has 0 amide bonds. The number of allylic oxidation sites excluding steroid dienone is 2. The number of ether oxygens (including phenoxy) is 2. The summed E-state index contributed by atoms with van der Waals surface area (Å²) in [5.74, 6) is 2.47. The number of rotatable bonds is 13. The van der Waals surface area contributed by atoms with Gasteiger partial charge in [0.1, 0.15) is 5.75 Å². The Morgan fingerprint density at radius 2 is 1.36 bits per heavy atom. The van der Waals surface area contributed by atoms with Crippen LogP contribution in [0.15, 0.2) is 59.9 Å². The van der Waals surface area contributed by atoms with Crippen molar-refractivity contribution in [1.29, 1.82) is 0 Å². The molecule has 2 aromatic rings. The van der Waals surface area contributed by atoms with Crippen molar-refractivity contribution in [1.82, 2.24) is 0 Å². The molecule has 0 unspecified atom stereocenters. The normalized spacial score (nSPS) is 16.0. The van der Waals surface area contributed by atoms with Gasteiger partial charge in [-0.15, -0.1) is 41.6 Å². The van der Waals surface area contributed by atoms with Crippen LogP contribution in [0.3, 0.4) is 0 Å². The van der Waals surface area contributed by atoms with Crippen LogP contribution in [0.4, 0.5) is 0 Å². The van der Waals surface area contributed by atoms with Crippen LogP contribution < -0.4 is 10.0 Å². The van der Waals surface area contributed by atoms with Crippen molar-refractivity contribution in [2.75, 3.05) is 6.61 Å². The molecule has 2 fully saturated rings. The van der Waals surface area contributed by atoms with E-state index in [0.717, 1.165) is 17.4 Å². The van der Waals surface area contributed by atoms with Crippen LogP contribution in [0.1, 0.15) is 154 Å². The van der Waals surface area contributed by atoms with Crippen LogP contribution in [-0.4, -0.2) is 38.1 Å². The molecule has 0 aliphatic heterocycles.